The van der Waals surface area contributed by atoms with Crippen molar-refractivity contribution in [3.8, 4) is 0 Å². The SMILES string of the molecule is Cc1cc(NC(=O)C=Cc2cccs2)n(C)n1. The van der Waals surface area contributed by atoms with Crippen molar-refractivity contribution in [2.24, 2.45) is 7.05 Å². The van der Waals surface area contributed by atoms with Crippen molar-refractivity contribution in [1.29, 1.82) is 0 Å². The maximum absolute atomic E-state index is 11.6. The lowest BCUT2D eigenvalue weighted by molar-refractivity contribution is -0.111. The van der Waals surface area contributed by atoms with Crippen LogP contribution in [0.4, 0.5) is 5.82 Å². The number of aromatic nitrogens is 2. The van der Waals surface area contributed by atoms with Gasteiger partial charge in [0, 0.05) is 24.1 Å². The fourth-order valence-corrected chi connectivity index (χ4v) is 2.06. The van der Waals surface area contributed by atoms with E-state index >= 15 is 0 Å². The molecule has 2 aromatic rings. The van der Waals surface area contributed by atoms with Gasteiger partial charge in [0.05, 0.1) is 5.69 Å². The maximum atomic E-state index is 11.6. The van der Waals surface area contributed by atoms with Crippen molar-refractivity contribution in [3.63, 3.8) is 0 Å². The first-order valence-corrected chi connectivity index (χ1v) is 6.06. The van der Waals surface area contributed by atoms with E-state index in [0.29, 0.717) is 5.82 Å². The largest absolute Gasteiger partial charge is 0.307 e. The standard InChI is InChI=1S/C12H13N3OS/c1-9-8-11(15(2)14-9)13-12(16)6-5-10-4-3-7-17-10/h3-8H,1-2H3,(H,13,16). The van der Waals surface area contributed by atoms with Crippen LogP contribution in [0.2, 0.25) is 0 Å². The summed E-state index contributed by atoms with van der Waals surface area (Å²) in [5.41, 5.74) is 0.880. The molecule has 0 aliphatic heterocycles. The number of nitrogens with one attached hydrogen (secondary N) is 1. The summed E-state index contributed by atoms with van der Waals surface area (Å²) in [7, 11) is 1.80. The fraction of sp³-hybridized carbons (Fsp3) is 0.167. The molecular formula is C12H13N3OS. The van der Waals surface area contributed by atoms with Gasteiger partial charge in [-0.05, 0) is 24.4 Å². The van der Waals surface area contributed by atoms with Crippen molar-refractivity contribution in [2.45, 2.75) is 6.92 Å². The molecule has 1 amide bonds. The van der Waals surface area contributed by atoms with E-state index < -0.39 is 0 Å². The van der Waals surface area contributed by atoms with Crippen LogP contribution >= 0.6 is 11.3 Å². The van der Waals surface area contributed by atoms with Crippen LogP contribution in [0.15, 0.2) is 29.7 Å². The second-order valence-electron chi connectivity index (χ2n) is 3.63. The Hall–Kier alpha value is -1.88. The molecule has 1 N–H and O–H groups in total. The molecule has 4 nitrogen and oxygen atoms in total. The molecule has 17 heavy (non-hydrogen) atoms. The average molecular weight is 247 g/mol. The Labute approximate surface area is 104 Å². The summed E-state index contributed by atoms with van der Waals surface area (Å²) in [5.74, 6) is 0.546. The highest BCUT2D eigenvalue weighted by molar-refractivity contribution is 7.10. The van der Waals surface area contributed by atoms with Crippen LogP contribution < -0.4 is 5.32 Å². The van der Waals surface area contributed by atoms with E-state index in [1.165, 1.54) is 6.08 Å². The number of rotatable bonds is 3. The van der Waals surface area contributed by atoms with Gasteiger partial charge in [-0.1, -0.05) is 6.07 Å². The molecule has 0 fully saturated rings. The fourth-order valence-electron chi connectivity index (χ4n) is 1.44. The van der Waals surface area contributed by atoms with Crippen LogP contribution in [0.5, 0.6) is 0 Å². The first-order chi connectivity index (χ1) is 8.15. The monoisotopic (exact) mass is 247 g/mol. The van der Waals surface area contributed by atoms with Crippen molar-refractivity contribution in [3.05, 3.63) is 40.2 Å². The van der Waals surface area contributed by atoms with Gasteiger partial charge >= 0.3 is 0 Å². The molecule has 88 valence electrons. The normalized spacial score (nSPS) is 10.9. The quantitative estimate of drug-likeness (QED) is 0.847. The third-order valence-corrected chi connectivity index (χ3v) is 3.03. The molecule has 0 bridgehead atoms. The lowest BCUT2D eigenvalue weighted by atomic mass is 10.4. The highest BCUT2D eigenvalue weighted by atomic mass is 32.1. The summed E-state index contributed by atoms with van der Waals surface area (Å²) >= 11 is 1.59. The molecule has 0 saturated heterocycles. The van der Waals surface area contributed by atoms with Gasteiger partial charge in [0.25, 0.3) is 0 Å². The molecule has 0 radical (unpaired) electrons. The zero-order valence-electron chi connectivity index (χ0n) is 9.68. The average Bonchev–Trinajstić information content (AvgIpc) is 2.87. The molecule has 0 spiro atoms. The van der Waals surface area contributed by atoms with Crippen LogP contribution in [0.1, 0.15) is 10.6 Å². The zero-order valence-corrected chi connectivity index (χ0v) is 10.5. The molecule has 5 heteroatoms. The number of amides is 1. The number of aryl methyl sites for hydroxylation is 2. The number of carbonyl (C=O) groups excluding carboxylic acids is 1. The first-order valence-electron chi connectivity index (χ1n) is 5.18. The van der Waals surface area contributed by atoms with E-state index in [0.717, 1.165) is 10.6 Å². The summed E-state index contributed by atoms with van der Waals surface area (Å²) in [6.45, 7) is 1.89. The van der Waals surface area contributed by atoms with E-state index in [-0.39, 0.29) is 5.91 Å². The van der Waals surface area contributed by atoms with Crippen molar-refractivity contribution in [1.82, 2.24) is 9.78 Å². The Morgan fingerprint density at radius 3 is 3.00 bits per heavy atom. The van der Waals surface area contributed by atoms with Gasteiger partial charge in [0.15, 0.2) is 0 Å². The first kappa shape index (κ1) is 11.6. The Morgan fingerprint density at radius 1 is 1.59 bits per heavy atom. The van der Waals surface area contributed by atoms with Gasteiger partial charge in [0.2, 0.25) is 5.91 Å². The van der Waals surface area contributed by atoms with Crippen LogP contribution in [-0.4, -0.2) is 15.7 Å². The lowest BCUT2D eigenvalue weighted by Gasteiger charge is -2.00. The number of anilines is 1. The van der Waals surface area contributed by atoms with E-state index in [9.17, 15) is 4.79 Å². The number of hydrogen-bond acceptors (Lipinski definition) is 3. The Kier molecular flexibility index (Phi) is 3.39. The van der Waals surface area contributed by atoms with E-state index in [2.05, 4.69) is 10.4 Å². The van der Waals surface area contributed by atoms with Gasteiger partial charge in [-0.25, -0.2) is 0 Å². The van der Waals surface area contributed by atoms with Crippen LogP contribution in [-0.2, 0) is 11.8 Å². The van der Waals surface area contributed by atoms with E-state index in [4.69, 9.17) is 0 Å². The lowest BCUT2D eigenvalue weighted by Crippen LogP contribution is -2.11. The molecule has 2 rings (SSSR count). The van der Waals surface area contributed by atoms with Crippen molar-refractivity contribution >= 4 is 29.1 Å². The predicted octanol–water partition coefficient (Wildman–Crippen LogP) is 2.44. The van der Waals surface area contributed by atoms with Crippen LogP contribution in [0.3, 0.4) is 0 Å². The molecule has 0 atom stereocenters. The highest BCUT2D eigenvalue weighted by Crippen LogP contribution is 2.11. The summed E-state index contributed by atoms with van der Waals surface area (Å²) in [6.07, 6.45) is 3.32. The predicted molar refractivity (Wildman–Crippen MR) is 69.9 cm³/mol. The molecule has 2 heterocycles. The van der Waals surface area contributed by atoms with Crippen molar-refractivity contribution in [2.75, 3.05) is 5.32 Å². The van der Waals surface area contributed by atoms with Crippen LogP contribution in [0.25, 0.3) is 6.08 Å². The molecule has 0 unspecified atom stereocenters. The third kappa shape index (κ3) is 3.04. The van der Waals surface area contributed by atoms with Crippen LogP contribution in [0, 0.1) is 6.92 Å². The van der Waals surface area contributed by atoms with Crippen molar-refractivity contribution < 1.29 is 4.79 Å². The summed E-state index contributed by atoms with van der Waals surface area (Å²) in [5, 5.41) is 8.90. The number of nitrogens with zero attached hydrogens (tertiary/aromatic N) is 2. The van der Waals surface area contributed by atoms with Gasteiger partial charge in [-0.2, -0.15) is 5.10 Å². The second-order valence-corrected chi connectivity index (χ2v) is 4.61. The topological polar surface area (TPSA) is 46.9 Å². The summed E-state index contributed by atoms with van der Waals surface area (Å²) < 4.78 is 1.65. The van der Waals surface area contributed by atoms with Gasteiger partial charge in [-0.15, -0.1) is 11.3 Å². The molecule has 0 aliphatic rings. The summed E-state index contributed by atoms with van der Waals surface area (Å²) in [6, 6.07) is 5.74. The maximum Gasteiger partial charge on any atom is 0.249 e. The highest BCUT2D eigenvalue weighted by Gasteiger charge is 2.03. The minimum atomic E-state index is -0.151. The molecule has 0 aliphatic carbocycles. The van der Waals surface area contributed by atoms with Gasteiger partial charge < -0.3 is 5.32 Å². The number of thiophene rings is 1. The number of carbonyl (C=O) groups is 1. The molecular weight excluding hydrogens is 234 g/mol. The molecule has 0 saturated carbocycles. The van der Waals surface area contributed by atoms with Gasteiger partial charge in [-0.3, -0.25) is 9.48 Å². The Balaban J connectivity index is 2.00. The Bertz CT molecular complexity index is 540. The smallest absolute Gasteiger partial charge is 0.249 e. The van der Waals surface area contributed by atoms with E-state index in [1.807, 2.05) is 30.5 Å². The molecule has 2 aromatic heterocycles. The van der Waals surface area contributed by atoms with E-state index in [1.54, 1.807) is 29.1 Å². The minimum Gasteiger partial charge on any atom is -0.307 e. The zero-order chi connectivity index (χ0) is 12.3. The second kappa shape index (κ2) is 4.97. The minimum absolute atomic E-state index is 0.151. The Morgan fingerprint density at radius 2 is 2.41 bits per heavy atom. The number of hydrogen-bond donors (Lipinski definition) is 1. The summed E-state index contributed by atoms with van der Waals surface area (Å²) in [4.78, 5) is 12.7. The third-order valence-electron chi connectivity index (χ3n) is 2.20. The van der Waals surface area contributed by atoms with Gasteiger partial charge in [0.1, 0.15) is 5.82 Å². The molecule has 0 aromatic carbocycles.